The second-order valence-electron chi connectivity index (χ2n) is 13.5. The fourth-order valence-electron chi connectivity index (χ4n) is 6.65. The summed E-state index contributed by atoms with van der Waals surface area (Å²) < 4.78 is 33.1. The number of piperidine rings is 1. The summed E-state index contributed by atoms with van der Waals surface area (Å²) in [7, 11) is 1.70. The predicted octanol–water partition coefficient (Wildman–Crippen LogP) is 6.53. The van der Waals surface area contributed by atoms with E-state index in [9.17, 15) is 4.79 Å². The Morgan fingerprint density at radius 1 is 1.10 bits per heavy atom. The third-order valence-electron chi connectivity index (χ3n) is 9.19. The van der Waals surface area contributed by atoms with Gasteiger partial charge in [0.1, 0.15) is 11.6 Å². The van der Waals surface area contributed by atoms with Gasteiger partial charge < -0.3 is 24.0 Å². The smallest absolute Gasteiger partial charge is 0.197 e. The number of ketones is 1. The zero-order chi connectivity index (χ0) is 30.1. The van der Waals surface area contributed by atoms with Gasteiger partial charge in [0.15, 0.2) is 23.1 Å². The lowest BCUT2D eigenvalue weighted by atomic mass is 9.84. The number of nitrogens with zero attached hydrogens (tertiary/aromatic N) is 2. The summed E-state index contributed by atoms with van der Waals surface area (Å²) in [6, 6.07) is 5.64. The van der Waals surface area contributed by atoms with Crippen molar-refractivity contribution in [1.29, 1.82) is 5.41 Å². The van der Waals surface area contributed by atoms with Gasteiger partial charge in [-0.2, -0.15) is 0 Å². The molecule has 8 heteroatoms. The molecule has 1 saturated heterocycles. The van der Waals surface area contributed by atoms with E-state index in [-0.39, 0.29) is 41.5 Å². The van der Waals surface area contributed by atoms with E-state index in [1.807, 2.05) is 32.9 Å². The molecule has 2 aliphatic heterocycles. The van der Waals surface area contributed by atoms with Crippen molar-refractivity contribution < 1.29 is 23.4 Å². The Kier molecular flexibility index (Phi) is 7.06. The molecule has 1 N–H and O–H groups in total. The van der Waals surface area contributed by atoms with Crippen molar-refractivity contribution in [3.63, 3.8) is 0 Å². The quantitative estimate of drug-likeness (QED) is 0.348. The lowest BCUT2D eigenvalue weighted by Gasteiger charge is -2.34. The number of methoxy groups -OCH3 is 1. The highest BCUT2D eigenvalue weighted by Gasteiger charge is 2.56. The number of ether oxygens (including phenoxy) is 3. The average molecular weight is 566 g/mol. The number of rotatable bonds is 9. The minimum Gasteiger partial charge on any atom is -0.494 e. The van der Waals surface area contributed by atoms with Gasteiger partial charge in [-0.05, 0) is 74.6 Å². The molecule has 2 unspecified atom stereocenters. The molecule has 3 aliphatic rings. The van der Waals surface area contributed by atoms with Crippen molar-refractivity contribution in [2.45, 2.75) is 72.8 Å². The van der Waals surface area contributed by atoms with Gasteiger partial charge in [-0.25, -0.2) is 4.39 Å². The lowest BCUT2D eigenvalue weighted by Crippen LogP contribution is -2.42. The van der Waals surface area contributed by atoms with E-state index in [0.29, 0.717) is 34.8 Å². The number of halogens is 1. The standard InChI is InChI=1S/C33H44FN3O4/c1-10-40-25-14-21-26(27(34)29(25)41-11-2)30(35)37(32(21,6)7)17-24(38)19-12-22(31(3,4)5)28(39-9)23(13-19)36-16-20-15-33(20,8)18-36/h12-14,20,35H,10-11,15-18H2,1-9H3. The highest BCUT2D eigenvalue weighted by atomic mass is 19.1. The highest BCUT2D eigenvalue weighted by Crippen LogP contribution is 2.59. The number of carbonyl (C=O) groups excluding carboxylic acids is 1. The van der Waals surface area contributed by atoms with Crippen LogP contribution in [-0.2, 0) is 11.0 Å². The number of hydrogen-bond donors (Lipinski definition) is 1. The molecule has 0 radical (unpaired) electrons. The Morgan fingerprint density at radius 2 is 1.78 bits per heavy atom. The summed E-state index contributed by atoms with van der Waals surface area (Å²) >= 11 is 0. The summed E-state index contributed by atoms with van der Waals surface area (Å²) in [5.41, 5.74) is 2.52. The van der Waals surface area contributed by atoms with Crippen LogP contribution in [0.1, 0.15) is 88.9 Å². The normalized spacial score (nSPS) is 22.5. The van der Waals surface area contributed by atoms with E-state index >= 15 is 4.39 Å². The van der Waals surface area contributed by atoms with Crippen LogP contribution in [-0.4, -0.2) is 56.5 Å². The molecule has 5 rings (SSSR count). The van der Waals surface area contributed by atoms with Crippen molar-refractivity contribution in [2.24, 2.45) is 11.3 Å². The van der Waals surface area contributed by atoms with Crippen LogP contribution in [0.15, 0.2) is 18.2 Å². The second kappa shape index (κ2) is 9.92. The van der Waals surface area contributed by atoms with Crippen LogP contribution in [0, 0.1) is 22.6 Å². The maximum absolute atomic E-state index is 15.9. The molecule has 2 fully saturated rings. The first-order valence-electron chi connectivity index (χ1n) is 14.7. The van der Waals surface area contributed by atoms with Gasteiger partial charge >= 0.3 is 0 Å². The summed E-state index contributed by atoms with van der Waals surface area (Å²) in [6.07, 6.45) is 1.25. The molecule has 2 heterocycles. The zero-order valence-electron chi connectivity index (χ0n) is 26.0. The van der Waals surface area contributed by atoms with Gasteiger partial charge in [-0.1, -0.05) is 27.7 Å². The third kappa shape index (κ3) is 4.73. The maximum Gasteiger partial charge on any atom is 0.197 e. The van der Waals surface area contributed by atoms with Crippen LogP contribution in [0.2, 0.25) is 0 Å². The van der Waals surface area contributed by atoms with Crippen molar-refractivity contribution in [3.05, 3.63) is 46.3 Å². The molecule has 2 atom stereocenters. The number of benzene rings is 2. The number of Topliss-reactive ketones (excluding diaryl/α,β-unsaturated/α-hetero) is 1. The second-order valence-corrected chi connectivity index (χ2v) is 13.5. The first-order valence-corrected chi connectivity index (χ1v) is 14.7. The largest absolute Gasteiger partial charge is 0.494 e. The fourth-order valence-corrected chi connectivity index (χ4v) is 6.65. The number of nitrogens with one attached hydrogen (secondary N) is 1. The van der Waals surface area contributed by atoms with Crippen molar-refractivity contribution in [3.8, 4) is 17.2 Å². The summed E-state index contributed by atoms with van der Waals surface area (Å²) in [4.78, 5) is 18.1. The number of anilines is 1. The van der Waals surface area contributed by atoms with E-state index < -0.39 is 11.4 Å². The molecular formula is C33H44FN3O4. The molecule has 0 aromatic heterocycles. The summed E-state index contributed by atoms with van der Waals surface area (Å²) in [5.74, 6) is 1.03. The number of fused-ring (bicyclic) bond motifs is 2. The minimum absolute atomic E-state index is 0.00815. The minimum atomic E-state index is -0.813. The van der Waals surface area contributed by atoms with Gasteiger partial charge in [-0.15, -0.1) is 0 Å². The van der Waals surface area contributed by atoms with Crippen molar-refractivity contribution >= 4 is 17.3 Å². The molecule has 1 saturated carbocycles. The topological polar surface area (TPSA) is 75.1 Å². The van der Waals surface area contributed by atoms with E-state index in [1.54, 1.807) is 25.0 Å². The van der Waals surface area contributed by atoms with E-state index in [2.05, 4.69) is 32.6 Å². The molecule has 7 nitrogen and oxygen atoms in total. The van der Waals surface area contributed by atoms with E-state index in [0.717, 1.165) is 30.1 Å². The third-order valence-corrected chi connectivity index (χ3v) is 9.19. The van der Waals surface area contributed by atoms with Crippen molar-refractivity contribution in [2.75, 3.05) is 44.9 Å². The van der Waals surface area contributed by atoms with Gasteiger partial charge in [-0.3, -0.25) is 10.2 Å². The molecule has 0 spiro atoms. The molecule has 0 amide bonds. The van der Waals surface area contributed by atoms with Gasteiger partial charge in [0.05, 0.1) is 43.7 Å². The number of amidine groups is 1. The SMILES string of the molecule is CCOc1cc2c(c(F)c1OCC)C(=N)N(CC(=O)c1cc(N3CC4CC4(C)C3)c(OC)c(C(C)(C)C)c1)C2(C)C. The Bertz CT molecular complexity index is 1410. The highest BCUT2D eigenvalue weighted by molar-refractivity contribution is 6.07. The zero-order valence-corrected chi connectivity index (χ0v) is 26.0. The van der Waals surface area contributed by atoms with Crippen LogP contribution < -0.4 is 19.1 Å². The first kappa shape index (κ1) is 29.2. The van der Waals surface area contributed by atoms with E-state index in [1.165, 1.54) is 6.42 Å². The monoisotopic (exact) mass is 565 g/mol. The Labute approximate surface area is 243 Å². The predicted molar refractivity (Wildman–Crippen MR) is 160 cm³/mol. The van der Waals surface area contributed by atoms with Gasteiger partial charge in [0.25, 0.3) is 0 Å². The Morgan fingerprint density at radius 3 is 2.34 bits per heavy atom. The first-order chi connectivity index (χ1) is 19.2. The molecule has 0 bridgehead atoms. The Balaban J connectivity index is 1.52. The van der Waals surface area contributed by atoms with Gasteiger partial charge in [0.2, 0.25) is 0 Å². The molecule has 2 aromatic carbocycles. The molecule has 41 heavy (non-hydrogen) atoms. The van der Waals surface area contributed by atoms with E-state index in [4.69, 9.17) is 19.6 Å². The van der Waals surface area contributed by atoms with Crippen LogP contribution in [0.3, 0.4) is 0 Å². The van der Waals surface area contributed by atoms with Crippen molar-refractivity contribution in [1.82, 2.24) is 4.90 Å². The molecule has 2 aromatic rings. The lowest BCUT2D eigenvalue weighted by molar-refractivity contribution is 0.0920. The summed E-state index contributed by atoms with van der Waals surface area (Å²) in [6.45, 7) is 18.6. The average Bonchev–Trinajstić information content (AvgIpc) is 3.34. The fraction of sp³-hybridized carbons (Fsp3) is 0.576. The maximum atomic E-state index is 15.9. The summed E-state index contributed by atoms with van der Waals surface area (Å²) in [5, 5.41) is 8.98. The molecule has 222 valence electrons. The van der Waals surface area contributed by atoms with Gasteiger partial charge in [0, 0.05) is 24.2 Å². The Hall–Kier alpha value is -3.29. The number of hydrogen-bond acceptors (Lipinski definition) is 6. The molecular weight excluding hydrogens is 521 g/mol. The van der Waals surface area contributed by atoms with Crippen LogP contribution >= 0.6 is 0 Å². The molecule has 1 aliphatic carbocycles. The van der Waals surface area contributed by atoms with Crippen LogP contribution in [0.4, 0.5) is 10.1 Å². The number of carbonyl (C=O) groups is 1. The van der Waals surface area contributed by atoms with Crippen LogP contribution in [0.25, 0.3) is 0 Å². The van der Waals surface area contributed by atoms with Crippen LogP contribution in [0.5, 0.6) is 17.2 Å².